The molecule has 4 aliphatic carbocycles. The second-order valence-corrected chi connectivity index (χ2v) is 14.1. The number of fused-ring (bicyclic) bond motifs is 5. The van der Waals surface area contributed by atoms with Gasteiger partial charge in [-0.1, -0.05) is 68.4 Å². The summed E-state index contributed by atoms with van der Waals surface area (Å²) in [6.07, 6.45) is 9.78. The van der Waals surface area contributed by atoms with E-state index in [0.29, 0.717) is 35.5 Å². The lowest BCUT2D eigenvalue weighted by Gasteiger charge is -2.62. The maximum absolute atomic E-state index is 12.9. The lowest BCUT2D eigenvalue weighted by atomic mass is 9.44. The van der Waals surface area contributed by atoms with Gasteiger partial charge < -0.3 is 4.74 Å². The fourth-order valence-electron chi connectivity index (χ4n) is 10.1. The molecule has 0 unspecified atom stereocenters. The Balaban J connectivity index is 1.05. The molecule has 2 aromatic rings. The predicted octanol–water partition coefficient (Wildman–Crippen LogP) is 7.06. The van der Waals surface area contributed by atoms with Crippen LogP contribution in [-0.4, -0.2) is 35.3 Å². The average Bonchev–Trinajstić information content (AvgIpc) is 3.24. The zero-order valence-corrected chi connectivity index (χ0v) is 23.7. The molecule has 0 amide bonds. The van der Waals surface area contributed by atoms with E-state index >= 15 is 0 Å². The van der Waals surface area contributed by atoms with Crippen LogP contribution in [0.2, 0.25) is 0 Å². The van der Waals surface area contributed by atoms with E-state index in [-0.39, 0.29) is 17.0 Å². The number of ether oxygens (including phenoxy) is 1. The van der Waals surface area contributed by atoms with E-state index in [0.717, 1.165) is 57.5 Å². The van der Waals surface area contributed by atoms with Crippen LogP contribution in [-0.2, 0) is 20.9 Å². The van der Waals surface area contributed by atoms with E-state index in [9.17, 15) is 9.59 Å². The number of Topliss-reactive ketones (excluding diaryl/α,β-unsaturated/α-hetero) is 1. The molecule has 0 bridgehead atoms. The third-order valence-electron chi connectivity index (χ3n) is 12.2. The second kappa shape index (κ2) is 9.29. The van der Waals surface area contributed by atoms with E-state index in [1.165, 1.54) is 36.0 Å². The van der Waals surface area contributed by atoms with Gasteiger partial charge in [0.25, 0.3) is 0 Å². The van der Waals surface area contributed by atoms with E-state index in [2.05, 4.69) is 67.3 Å². The highest BCUT2D eigenvalue weighted by atomic mass is 16.6. The van der Waals surface area contributed by atoms with Crippen LogP contribution < -0.4 is 0 Å². The molecule has 0 aromatic heterocycles. The highest BCUT2D eigenvalue weighted by molar-refractivity contribution is 5.87. The number of carbonyl (C=O) groups is 2. The van der Waals surface area contributed by atoms with E-state index in [4.69, 9.17) is 4.74 Å². The van der Waals surface area contributed by atoms with Gasteiger partial charge in [0, 0.05) is 24.9 Å². The predicted molar refractivity (Wildman–Crippen MR) is 153 cm³/mol. The fraction of sp³-hybridized carbons (Fsp3) is 0.600. The summed E-state index contributed by atoms with van der Waals surface area (Å²) >= 11 is 0. The number of esters is 1. The smallest absolute Gasteiger partial charge is 0.320 e. The molecule has 1 spiro atoms. The summed E-state index contributed by atoms with van der Waals surface area (Å²) in [6.45, 7) is 6.83. The molecule has 1 aliphatic heterocycles. The zero-order valence-electron chi connectivity index (χ0n) is 23.7. The third-order valence-corrected chi connectivity index (χ3v) is 12.2. The summed E-state index contributed by atoms with van der Waals surface area (Å²) in [7, 11) is 0. The molecular weight excluding hydrogens is 482 g/mol. The molecule has 4 heteroatoms. The van der Waals surface area contributed by atoms with Crippen LogP contribution in [0.15, 0.2) is 54.6 Å². The third kappa shape index (κ3) is 4.20. The number of benzene rings is 2. The van der Waals surface area contributed by atoms with Gasteiger partial charge in [-0.15, -0.1) is 0 Å². The maximum Gasteiger partial charge on any atom is 0.320 e. The van der Waals surface area contributed by atoms with Gasteiger partial charge in [-0.25, -0.2) is 0 Å². The Morgan fingerprint density at radius 2 is 1.62 bits per heavy atom. The van der Waals surface area contributed by atoms with E-state index in [1.807, 2.05) is 6.07 Å². The van der Waals surface area contributed by atoms with Crippen molar-refractivity contribution in [1.82, 2.24) is 4.90 Å². The Kier molecular flexibility index (Phi) is 6.08. The maximum atomic E-state index is 12.9. The summed E-state index contributed by atoms with van der Waals surface area (Å²) < 4.78 is 6.26. The van der Waals surface area contributed by atoms with Gasteiger partial charge in [-0.05, 0) is 97.1 Å². The molecule has 4 nitrogen and oxygen atoms in total. The van der Waals surface area contributed by atoms with Crippen molar-refractivity contribution in [2.45, 2.75) is 83.8 Å². The van der Waals surface area contributed by atoms with Crippen molar-refractivity contribution in [3.05, 3.63) is 60.2 Å². The number of carbonyl (C=O) groups excluding carboxylic acids is 2. The van der Waals surface area contributed by atoms with Gasteiger partial charge in [0.05, 0.1) is 6.54 Å². The molecule has 4 saturated carbocycles. The number of morpholine rings is 1. The van der Waals surface area contributed by atoms with Crippen LogP contribution in [0.3, 0.4) is 0 Å². The monoisotopic (exact) mass is 525 g/mol. The second-order valence-electron chi connectivity index (χ2n) is 14.1. The Hall–Kier alpha value is -2.46. The van der Waals surface area contributed by atoms with Crippen LogP contribution in [0.5, 0.6) is 0 Å². The topological polar surface area (TPSA) is 46.6 Å². The first-order valence-electron chi connectivity index (χ1n) is 15.4. The quantitative estimate of drug-likeness (QED) is 0.402. The number of ketones is 1. The number of hydrogen-bond acceptors (Lipinski definition) is 4. The van der Waals surface area contributed by atoms with Crippen LogP contribution in [0.25, 0.3) is 11.1 Å². The minimum Gasteiger partial charge on any atom is -0.457 e. The largest absolute Gasteiger partial charge is 0.457 e. The lowest BCUT2D eigenvalue weighted by molar-refractivity contribution is -0.200. The van der Waals surface area contributed by atoms with Crippen LogP contribution >= 0.6 is 0 Å². The lowest BCUT2D eigenvalue weighted by Crippen LogP contribution is -2.61. The normalized spacial score (nSPS) is 40.1. The van der Waals surface area contributed by atoms with Gasteiger partial charge in [0.15, 0.2) is 0 Å². The first-order valence-corrected chi connectivity index (χ1v) is 15.4. The summed E-state index contributed by atoms with van der Waals surface area (Å²) in [5.74, 6) is 3.09. The van der Waals surface area contributed by atoms with Crippen molar-refractivity contribution in [1.29, 1.82) is 0 Å². The molecule has 7 atom stereocenters. The van der Waals surface area contributed by atoms with Gasteiger partial charge in [-0.2, -0.15) is 0 Å². The molecule has 2 aromatic carbocycles. The van der Waals surface area contributed by atoms with Crippen LogP contribution in [0.1, 0.15) is 77.2 Å². The zero-order chi connectivity index (χ0) is 26.8. The Bertz CT molecular complexity index is 1260. The van der Waals surface area contributed by atoms with Crippen molar-refractivity contribution in [3.63, 3.8) is 0 Å². The van der Waals surface area contributed by atoms with Crippen LogP contribution in [0.4, 0.5) is 0 Å². The molecule has 7 rings (SSSR count). The van der Waals surface area contributed by atoms with Crippen LogP contribution in [0, 0.1) is 34.5 Å². The Labute approximate surface area is 233 Å². The van der Waals surface area contributed by atoms with Gasteiger partial charge in [-0.3, -0.25) is 14.5 Å². The molecule has 206 valence electrons. The number of rotatable bonds is 3. The molecule has 1 saturated heterocycles. The Morgan fingerprint density at radius 3 is 2.41 bits per heavy atom. The minimum absolute atomic E-state index is 0.0566. The average molecular weight is 526 g/mol. The van der Waals surface area contributed by atoms with Crippen molar-refractivity contribution in [2.24, 2.45) is 34.5 Å². The van der Waals surface area contributed by atoms with Crippen molar-refractivity contribution >= 4 is 11.8 Å². The van der Waals surface area contributed by atoms with Gasteiger partial charge in [0.1, 0.15) is 11.4 Å². The molecule has 0 radical (unpaired) electrons. The standard InChI is InChI=1S/C35H43NO3/c1-33-18-19-35(20-27(33)12-13-28-29-14-15-31(37)34(29,2)17-16-30(28)33)23-36(22-32(38)39-35)21-24-8-10-26(11-9-24)25-6-4-3-5-7-25/h3-11,27-30H,12-23H2,1-2H3/t27-,28-,29-,30-,33-,34-,35+/m0/s1. The van der Waals surface area contributed by atoms with E-state index < -0.39 is 0 Å². The minimum atomic E-state index is -0.344. The molecule has 1 heterocycles. The molecule has 39 heavy (non-hydrogen) atoms. The van der Waals surface area contributed by atoms with Gasteiger partial charge in [0.2, 0.25) is 0 Å². The van der Waals surface area contributed by atoms with Gasteiger partial charge >= 0.3 is 5.97 Å². The Morgan fingerprint density at radius 1 is 0.846 bits per heavy atom. The SMILES string of the molecule is C[C@]12CC[C@@]3(C[C@@H]1CC[C@@H]1[C@@H]2CC[C@]2(C)C(=O)CC[C@@H]12)CN(Cc1ccc(-c2ccccc2)cc1)CC(=O)O3. The first kappa shape index (κ1) is 25.5. The van der Waals surface area contributed by atoms with Crippen molar-refractivity contribution < 1.29 is 14.3 Å². The fourth-order valence-corrected chi connectivity index (χ4v) is 10.1. The summed E-state index contributed by atoms with van der Waals surface area (Å²) in [5, 5.41) is 0. The number of nitrogens with zero attached hydrogens (tertiary/aromatic N) is 1. The molecule has 5 fully saturated rings. The van der Waals surface area contributed by atoms with Crippen molar-refractivity contribution in [3.8, 4) is 11.1 Å². The number of hydrogen-bond donors (Lipinski definition) is 0. The first-order chi connectivity index (χ1) is 18.8. The molecule has 0 N–H and O–H groups in total. The summed E-state index contributed by atoms with van der Waals surface area (Å²) in [5.41, 5.74) is 3.61. The summed E-state index contributed by atoms with van der Waals surface area (Å²) in [4.78, 5) is 28.1. The molecule has 5 aliphatic rings. The summed E-state index contributed by atoms with van der Waals surface area (Å²) in [6, 6.07) is 19.3. The molecular formula is C35H43NO3. The van der Waals surface area contributed by atoms with Crippen molar-refractivity contribution in [2.75, 3.05) is 13.1 Å². The van der Waals surface area contributed by atoms with E-state index in [1.54, 1.807) is 0 Å². The highest BCUT2D eigenvalue weighted by Gasteiger charge is 2.62. The highest BCUT2D eigenvalue weighted by Crippen LogP contribution is 2.66.